The van der Waals surface area contributed by atoms with Crippen LogP contribution >= 0.6 is 0 Å². The highest BCUT2D eigenvalue weighted by Gasteiger charge is 2.20. The summed E-state index contributed by atoms with van der Waals surface area (Å²) in [6.45, 7) is 3.86. The van der Waals surface area contributed by atoms with Crippen molar-refractivity contribution in [1.82, 2.24) is 10.0 Å². The van der Waals surface area contributed by atoms with Gasteiger partial charge in [0.15, 0.2) is 0 Å². The average molecular weight is 298 g/mol. The summed E-state index contributed by atoms with van der Waals surface area (Å²) < 4.78 is 31.9. The molecule has 1 aliphatic rings. The maximum absolute atomic E-state index is 12.1. The SMILES string of the molecule is CCOCCNS(=O)(=O)c1cccc(CNC2CC2)c1. The van der Waals surface area contributed by atoms with Crippen LogP contribution in [0.2, 0.25) is 0 Å². The van der Waals surface area contributed by atoms with Gasteiger partial charge >= 0.3 is 0 Å². The van der Waals surface area contributed by atoms with Crippen molar-refractivity contribution in [3.8, 4) is 0 Å². The Labute approximate surface area is 120 Å². The molecule has 1 aromatic rings. The summed E-state index contributed by atoms with van der Waals surface area (Å²) in [5.74, 6) is 0. The van der Waals surface area contributed by atoms with Crippen molar-refractivity contribution in [2.75, 3.05) is 19.8 Å². The van der Waals surface area contributed by atoms with E-state index in [-0.39, 0.29) is 0 Å². The number of hydrogen-bond donors (Lipinski definition) is 2. The predicted molar refractivity (Wildman–Crippen MR) is 78.0 cm³/mol. The number of benzene rings is 1. The molecular weight excluding hydrogens is 276 g/mol. The quantitative estimate of drug-likeness (QED) is 0.673. The van der Waals surface area contributed by atoms with Gasteiger partial charge < -0.3 is 10.1 Å². The Kier molecular flexibility index (Phi) is 5.54. The van der Waals surface area contributed by atoms with Crippen LogP contribution in [0.4, 0.5) is 0 Å². The van der Waals surface area contributed by atoms with Crippen molar-refractivity contribution in [3.63, 3.8) is 0 Å². The molecule has 0 radical (unpaired) electrons. The normalized spacial score (nSPS) is 15.4. The van der Waals surface area contributed by atoms with Gasteiger partial charge in [0.2, 0.25) is 10.0 Å². The molecule has 0 saturated heterocycles. The third-order valence-electron chi connectivity index (χ3n) is 3.12. The van der Waals surface area contributed by atoms with E-state index in [0.29, 0.717) is 37.2 Å². The van der Waals surface area contributed by atoms with Crippen molar-refractivity contribution < 1.29 is 13.2 Å². The molecule has 112 valence electrons. The van der Waals surface area contributed by atoms with Crippen molar-refractivity contribution in [1.29, 1.82) is 0 Å². The van der Waals surface area contributed by atoms with Crippen LogP contribution in [0.1, 0.15) is 25.3 Å². The van der Waals surface area contributed by atoms with E-state index >= 15 is 0 Å². The maximum Gasteiger partial charge on any atom is 0.240 e. The summed E-state index contributed by atoms with van der Waals surface area (Å²) in [6.07, 6.45) is 2.44. The van der Waals surface area contributed by atoms with E-state index in [1.165, 1.54) is 12.8 Å². The number of rotatable bonds is 9. The molecule has 0 spiro atoms. The minimum absolute atomic E-state index is 0.292. The number of hydrogen-bond acceptors (Lipinski definition) is 4. The molecule has 0 unspecified atom stereocenters. The molecule has 1 aliphatic carbocycles. The second kappa shape index (κ2) is 7.17. The zero-order valence-electron chi connectivity index (χ0n) is 11.8. The van der Waals surface area contributed by atoms with Crippen LogP contribution in [-0.2, 0) is 21.3 Å². The lowest BCUT2D eigenvalue weighted by Gasteiger charge is -2.09. The molecule has 6 heteroatoms. The molecule has 20 heavy (non-hydrogen) atoms. The van der Waals surface area contributed by atoms with Crippen molar-refractivity contribution >= 4 is 10.0 Å². The van der Waals surface area contributed by atoms with Gasteiger partial charge in [-0.3, -0.25) is 0 Å². The summed E-state index contributed by atoms with van der Waals surface area (Å²) in [5, 5.41) is 3.38. The molecule has 1 fully saturated rings. The van der Waals surface area contributed by atoms with Crippen LogP contribution in [-0.4, -0.2) is 34.2 Å². The Balaban J connectivity index is 1.93. The van der Waals surface area contributed by atoms with E-state index in [0.717, 1.165) is 5.56 Å². The number of sulfonamides is 1. The van der Waals surface area contributed by atoms with Crippen LogP contribution in [0.15, 0.2) is 29.2 Å². The molecule has 2 N–H and O–H groups in total. The van der Waals surface area contributed by atoms with E-state index in [4.69, 9.17) is 4.74 Å². The molecule has 0 aliphatic heterocycles. The zero-order chi connectivity index (χ0) is 14.4. The number of ether oxygens (including phenoxy) is 1. The summed E-state index contributed by atoms with van der Waals surface area (Å²) in [4.78, 5) is 0.309. The van der Waals surface area contributed by atoms with Gasteiger partial charge in [0, 0.05) is 25.7 Å². The van der Waals surface area contributed by atoms with Crippen LogP contribution in [0.3, 0.4) is 0 Å². The minimum Gasteiger partial charge on any atom is -0.380 e. The standard InChI is InChI=1S/C14H22N2O3S/c1-2-19-9-8-16-20(17,18)14-5-3-4-12(10-14)11-15-13-6-7-13/h3-5,10,13,15-16H,2,6-9,11H2,1H3. The third kappa shape index (κ3) is 4.86. The van der Waals surface area contributed by atoms with E-state index in [1.807, 2.05) is 13.0 Å². The zero-order valence-corrected chi connectivity index (χ0v) is 12.6. The summed E-state index contributed by atoms with van der Waals surface area (Å²) in [5.41, 5.74) is 0.990. The molecule has 0 heterocycles. The van der Waals surface area contributed by atoms with Gasteiger partial charge in [-0.2, -0.15) is 0 Å². The van der Waals surface area contributed by atoms with Crippen molar-refractivity contribution in [3.05, 3.63) is 29.8 Å². The fraction of sp³-hybridized carbons (Fsp3) is 0.571. The van der Waals surface area contributed by atoms with Crippen LogP contribution in [0, 0.1) is 0 Å². The predicted octanol–water partition coefficient (Wildman–Crippen LogP) is 1.25. The molecule has 0 aromatic heterocycles. The molecule has 5 nitrogen and oxygen atoms in total. The molecule has 0 bridgehead atoms. The van der Waals surface area contributed by atoms with Gasteiger partial charge in [-0.05, 0) is 37.5 Å². The highest BCUT2D eigenvalue weighted by Crippen LogP contribution is 2.19. The topological polar surface area (TPSA) is 67.4 Å². The Bertz CT molecular complexity index is 527. The summed E-state index contributed by atoms with van der Waals surface area (Å²) in [6, 6.07) is 7.66. The second-order valence-electron chi connectivity index (χ2n) is 4.90. The molecule has 1 aromatic carbocycles. The molecule has 1 saturated carbocycles. The Hall–Kier alpha value is -0.950. The molecule has 0 atom stereocenters. The minimum atomic E-state index is -3.44. The fourth-order valence-electron chi connectivity index (χ4n) is 1.85. The smallest absolute Gasteiger partial charge is 0.240 e. The first-order valence-corrected chi connectivity index (χ1v) is 8.50. The van der Waals surface area contributed by atoms with Crippen molar-refractivity contribution in [2.45, 2.75) is 37.2 Å². The van der Waals surface area contributed by atoms with Gasteiger partial charge in [0.1, 0.15) is 0 Å². The average Bonchev–Trinajstić information content (AvgIpc) is 3.26. The van der Waals surface area contributed by atoms with Gasteiger partial charge in [0.05, 0.1) is 11.5 Å². The Morgan fingerprint density at radius 1 is 1.35 bits per heavy atom. The lowest BCUT2D eigenvalue weighted by atomic mass is 10.2. The maximum atomic E-state index is 12.1. The van der Waals surface area contributed by atoms with Crippen LogP contribution < -0.4 is 10.0 Å². The first-order chi connectivity index (χ1) is 9.62. The van der Waals surface area contributed by atoms with Crippen LogP contribution in [0.5, 0.6) is 0 Å². The number of nitrogens with one attached hydrogen (secondary N) is 2. The Morgan fingerprint density at radius 2 is 2.15 bits per heavy atom. The van der Waals surface area contributed by atoms with Gasteiger partial charge in [-0.25, -0.2) is 13.1 Å². The molecule has 0 amide bonds. The fourth-order valence-corrected chi connectivity index (χ4v) is 2.93. The first kappa shape index (κ1) is 15.4. The van der Waals surface area contributed by atoms with Gasteiger partial charge in [0.25, 0.3) is 0 Å². The summed E-state index contributed by atoms with van der Waals surface area (Å²) >= 11 is 0. The highest BCUT2D eigenvalue weighted by atomic mass is 32.2. The largest absolute Gasteiger partial charge is 0.380 e. The lowest BCUT2D eigenvalue weighted by Crippen LogP contribution is -2.27. The molecule has 2 rings (SSSR count). The second-order valence-corrected chi connectivity index (χ2v) is 6.66. The lowest BCUT2D eigenvalue weighted by molar-refractivity contribution is 0.153. The Morgan fingerprint density at radius 3 is 2.85 bits per heavy atom. The van der Waals surface area contributed by atoms with Gasteiger partial charge in [-0.1, -0.05) is 12.1 Å². The van der Waals surface area contributed by atoms with Crippen molar-refractivity contribution in [2.24, 2.45) is 0 Å². The first-order valence-electron chi connectivity index (χ1n) is 7.01. The van der Waals surface area contributed by atoms with Gasteiger partial charge in [-0.15, -0.1) is 0 Å². The molecular formula is C14H22N2O3S. The highest BCUT2D eigenvalue weighted by molar-refractivity contribution is 7.89. The van der Waals surface area contributed by atoms with E-state index in [9.17, 15) is 8.42 Å². The monoisotopic (exact) mass is 298 g/mol. The van der Waals surface area contributed by atoms with E-state index in [1.54, 1.807) is 18.2 Å². The van der Waals surface area contributed by atoms with E-state index in [2.05, 4.69) is 10.0 Å². The van der Waals surface area contributed by atoms with Crippen LogP contribution in [0.25, 0.3) is 0 Å². The summed E-state index contributed by atoms with van der Waals surface area (Å²) in [7, 11) is -3.44. The van der Waals surface area contributed by atoms with E-state index < -0.39 is 10.0 Å². The third-order valence-corrected chi connectivity index (χ3v) is 4.58.